The molecule has 3 atom stereocenters. The van der Waals surface area contributed by atoms with Crippen LogP contribution >= 0.6 is 0 Å². The molecule has 0 spiro atoms. The lowest BCUT2D eigenvalue weighted by Gasteiger charge is -2.52. The lowest BCUT2D eigenvalue weighted by atomic mass is 9.66. The highest BCUT2D eigenvalue weighted by molar-refractivity contribution is 5.92. The minimum Gasteiger partial charge on any atom is -0.497 e. The lowest BCUT2D eigenvalue weighted by Crippen LogP contribution is -2.56. The van der Waals surface area contributed by atoms with Crippen LogP contribution in [-0.2, 0) is 4.79 Å². The number of piperidine rings is 1. The molecule has 1 saturated heterocycles. The van der Waals surface area contributed by atoms with Gasteiger partial charge in [-0.25, -0.2) is 0 Å². The molecule has 1 N–H and O–H groups in total. The van der Waals surface area contributed by atoms with Crippen LogP contribution in [0.4, 0.5) is 0 Å². The normalized spacial score (nSPS) is 25.8. The molecule has 1 aliphatic carbocycles. The van der Waals surface area contributed by atoms with Gasteiger partial charge in [0.25, 0.3) is 0 Å². The Labute approximate surface area is 184 Å². The Morgan fingerprint density at radius 1 is 1.10 bits per heavy atom. The fourth-order valence-electron chi connectivity index (χ4n) is 5.21. The molecule has 1 aliphatic heterocycles. The number of rotatable bonds is 5. The highest BCUT2D eigenvalue weighted by atomic mass is 16.5. The Morgan fingerprint density at radius 2 is 1.90 bits per heavy atom. The summed E-state index contributed by atoms with van der Waals surface area (Å²) in [6, 6.07) is 15.2. The van der Waals surface area contributed by atoms with Gasteiger partial charge in [0.15, 0.2) is 0 Å². The topological polar surface area (TPSA) is 59.0 Å². The van der Waals surface area contributed by atoms with Crippen LogP contribution in [0.25, 0.3) is 6.08 Å². The van der Waals surface area contributed by atoms with Crippen LogP contribution in [0.1, 0.15) is 49.3 Å². The number of aliphatic hydroxyl groups is 1. The van der Waals surface area contributed by atoms with Crippen molar-refractivity contribution in [2.75, 3.05) is 20.8 Å². The maximum atomic E-state index is 13.4. The molecule has 0 bridgehead atoms. The molecular formula is C26H31NO4. The molecule has 1 heterocycles. The fourth-order valence-corrected chi connectivity index (χ4v) is 5.21. The van der Waals surface area contributed by atoms with E-state index in [4.69, 9.17) is 9.47 Å². The summed E-state index contributed by atoms with van der Waals surface area (Å²) >= 11 is 0. The van der Waals surface area contributed by atoms with Crippen molar-refractivity contribution in [2.24, 2.45) is 5.92 Å². The molecule has 2 aromatic carbocycles. The van der Waals surface area contributed by atoms with E-state index in [0.29, 0.717) is 24.5 Å². The molecule has 0 unspecified atom stereocenters. The second-order valence-corrected chi connectivity index (χ2v) is 8.53. The number of hydrogen-bond donors (Lipinski definition) is 1. The van der Waals surface area contributed by atoms with Crippen molar-refractivity contribution in [3.63, 3.8) is 0 Å². The van der Waals surface area contributed by atoms with Crippen molar-refractivity contribution < 1.29 is 19.4 Å². The molecule has 4 rings (SSSR count). The smallest absolute Gasteiger partial charge is 0.247 e. The van der Waals surface area contributed by atoms with Crippen molar-refractivity contribution in [1.29, 1.82) is 0 Å². The zero-order chi connectivity index (χ0) is 21.8. The van der Waals surface area contributed by atoms with Crippen molar-refractivity contribution >= 4 is 12.0 Å². The van der Waals surface area contributed by atoms with E-state index >= 15 is 0 Å². The van der Waals surface area contributed by atoms with Crippen molar-refractivity contribution in [3.05, 3.63) is 65.7 Å². The Balaban J connectivity index is 1.73. The predicted molar refractivity (Wildman–Crippen MR) is 121 cm³/mol. The average molecular weight is 422 g/mol. The zero-order valence-corrected chi connectivity index (χ0v) is 18.3. The number of ether oxygens (including phenoxy) is 2. The molecule has 31 heavy (non-hydrogen) atoms. The van der Waals surface area contributed by atoms with Crippen molar-refractivity contribution in [3.8, 4) is 11.5 Å². The molecule has 5 heteroatoms. The number of nitrogens with zero attached hydrogens (tertiary/aromatic N) is 1. The van der Waals surface area contributed by atoms with Gasteiger partial charge < -0.3 is 19.5 Å². The summed E-state index contributed by atoms with van der Waals surface area (Å²) in [6.07, 6.45) is 7.84. The standard InChI is InChI=1S/C26H31NO4/c1-30-20-12-13-23(31-2)21(18-20)25-22-10-6-7-15-26(22,29)16-17-27(25)24(28)14-11-19-8-4-3-5-9-19/h3-5,8-9,11-14,18,22,25,29H,6-7,10,15-17H2,1-2H3/b14-11+/t22-,25+,26-/m1/s1. The highest BCUT2D eigenvalue weighted by Crippen LogP contribution is 2.51. The first-order valence-corrected chi connectivity index (χ1v) is 11.0. The second-order valence-electron chi connectivity index (χ2n) is 8.53. The number of fused-ring (bicyclic) bond motifs is 1. The summed E-state index contributed by atoms with van der Waals surface area (Å²) in [4.78, 5) is 15.3. The maximum absolute atomic E-state index is 13.4. The van der Waals surface area contributed by atoms with Gasteiger partial charge in [0, 0.05) is 24.1 Å². The number of carbonyl (C=O) groups excluding carboxylic acids is 1. The molecule has 1 saturated carbocycles. The summed E-state index contributed by atoms with van der Waals surface area (Å²) < 4.78 is 11.1. The van der Waals surface area contributed by atoms with E-state index in [2.05, 4.69) is 0 Å². The third-order valence-electron chi connectivity index (χ3n) is 6.82. The van der Waals surface area contributed by atoms with E-state index in [1.54, 1.807) is 20.3 Å². The lowest BCUT2D eigenvalue weighted by molar-refractivity contribution is -0.151. The maximum Gasteiger partial charge on any atom is 0.247 e. The molecule has 0 radical (unpaired) electrons. The van der Waals surface area contributed by atoms with Crippen LogP contribution in [-0.4, -0.2) is 42.3 Å². The summed E-state index contributed by atoms with van der Waals surface area (Å²) in [7, 11) is 3.28. The van der Waals surface area contributed by atoms with E-state index in [1.807, 2.05) is 59.5 Å². The van der Waals surface area contributed by atoms with Gasteiger partial charge in [-0.05, 0) is 49.1 Å². The molecule has 164 valence electrons. The predicted octanol–water partition coefficient (Wildman–Crippen LogP) is 4.61. The SMILES string of the molecule is COc1ccc(OC)c([C@H]2[C@H]3CCCC[C@@]3(O)CCN2C(=O)/C=C/c2ccccc2)c1. The fraction of sp³-hybridized carbons (Fsp3) is 0.423. The molecule has 2 aliphatic rings. The van der Waals surface area contributed by atoms with Crippen LogP contribution in [0.2, 0.25) is 0 Å². The number of methoxy groups -OCH3 is 2. The van der Waals surface area contributed by atoms with Gasteiger partial charge in [-0.15, -0.1) is 0 Å². The van der Waals surface area contributed by atoms with Gasteiger partial charge >= 0.3 is 0 Å². The molecule has 2 aromatic rings. The Kier molecular flexibility index (Phi) is 6.33. The summed E-state index contributed by atoms with van der Waals surface area (Å²) in [5.41, 5.74) is 1.13. The highest BCUT2D eigenvalue weighted by Gasteiger charge is 2.50. The molecule has 5 nitrogen and oxygen atoms in total. The summed E-state index contributed by atoms with van der Waals surface area (Å²) in [5.74, 6) is 1.34. The average Bonchev–Trinajstić information content (AvgIpc) is 2.81. The van der Waals surface area contributed by atoms with E-state index in [1.165, 1.54) is 0 Å². The molecule has 1 amide bonds. The van der Waals surface area contributed by atoms with E-state index < -0.39 is 5.60 Å². The van der Waals surface area contributed by atoms with Gasteiger partial charge in [0.05, 0.1) is 25.9 Å². The number of hydrogen-bond acceptors (Lipinski definition) is 4. The molecular weight excluding hydrogens is 390 g/mol. The van der Waals surface area contributed by atoms with Crippen LogP contribution < -0.4 is 9.47 Å². The summed E-state index contributed by atoms with van der Waals surface area (Å²) in [6.45, 7) is 0.510. The Hall–Kier alpha value is -2.79. The Morgan fingerprint density at radius 3 is 2.65 bits per heavy atom. The van der Waals surface area contributed by atoms with Gasteiger partial charge in [-0.3, -0.25) is 4.79 Å². The van der Waals surface area contributed by atoms with Crippen LogP contribution in [0.5, 0.6) is 11.5 Å². The van der Waals surface area contributed by atoms with E-state index in [-0.39, 0.29) is 17.9 Å². The third-order valence-corrected chi connectivity index (χ3v) is 6.82. The third kappa shape index (κ3) is 4.33. The monoisotopic (exact) mass is 421 g/mol. The number of benzene rings is 2. The second kappa shape index (κ2) is 9.15. The van der Waals surface area contributed by atoms with Crippen LogP contribution in [0, 0.1) is 5.92 Å². The van der Waals surface area contributed by atoms with Crippen LogP contribution in [0.3, 0.4) is 0 Å². The first-order valence-electron chi connectivity index (χ1n) is 11.0. The van der Waals surface area contributed by atoms with Gasteiger partial charge in [0.1, 0.15) is 11.5 Å². The molecule has 0 aromatic heterocycles. The number of amides is 1. The quantitative estimate of drug-likeness (QED) is 0.716. The zero-order valence-electron chi connectivity index (χ0n) is 18.3. The van der Waals surface area contributed by atoms with Gasteiger partial charge in [-0.1, -0.05) is 43.2 Å². The van der Waals surface area contributed by atoms with Crippen molar-refractivity contribution in [2.45, 2.75) is 43.7 Å². The van der Waals surface area contributed by atoms with Gasteiger partial charge in [0.2, 0.25) is 5.91 Å². The van der Waals surface area contributed by atoms with Crippen LogP contribution in [0.15, 0.2) is 54.6 Å². The number of likely N-dealkylation sites (tertiary alicyclic amines) is 1. The Bertz CT molecular complexity index is 942. The first-order chi connectivity index (χ1) is 15.1. The van der Waals surface area contributed by atoms with E-state index in [0.717, 1.165) is 36.8 Å². The van der Waals surface area contributed by atoms with E-state index in [9.17, 15) is 9.90 Å². The van der Waals surface area contributed by atoms with Crippen molar-refractivity contribution in [1.82, 2.24) is 4.90 Å². The molecule has 2 fully saturated rings. The minimum absolute atomic E-state index is 0.0370. The minimum atomic E-state index is -0.753. The largest absolute Gasteiger partial charge is 0.497 e. The number of carbonyl (C=O) groups is 1. The summed E-state index contributed by atoms with van der Waals surface area (Å²) in [5, 5.41) is 11.5. The first kappa shape index (κ1) is 21.4. The van der Waals surface area contributed by atoms with Gasteiger partial charge in [-0.2, -0.15) is 0 Å².